The third kappa shape index (κ3) is 5.99. The van der Waals surface area contributed by atoms with E-state index in [0.717, 1.165) is 0 Å². The van der Waals surface area contributed by atoms with Crippen LogP contribution < -0.4 is 4.74 Å². The van der Waals surface area contributed by atoms with Gasteiger partial charge < -0.3 is 0 Å². The van der Waals surface area contributed by atoms with Crippen LogP contribution in [0.1, 0.15) is 13.8 Å². The van der Waals surface area contributed by atoms with Crippen LogP contribution in [0.2, 0.25) is 0 Å². The summed E-state index contributed by atoms with van der Waals surface area (Å²) in [5.74, 6) is -0.368. The molecule has 0 spiro atoms. The molecule has 1 rings (SSSR count). The maximum atomic E-state index is 11.6. The second kappa shape index (κ2) is 9.17. The number of rotatable bonds is 6. The Kier molecular flexibility index (Phi) is 7.52. The Morgan fingerprint density at radius 1 is 0.952 bits per heavy atom. The zero-order valence-corrected chi connectivity index (χ0v) is 14.2. The number of ether oxygens (including phenoxy) is 1. The molecule has 0 N–H and O–H groups in total. The van der Waals surface area contributed by atoms with Crippen LogP contribution in [0.3, 0.4) is 0 Å². The number of hydrogen-bond donors (Lipinski definition) is 0. The Bertz CT molecular complexity index is 507. The van der Waals surface area contributed by atoms with E-state index in [1.54, 1.807) is 57.4 Å². The molecule has 1 aromatic carbocycles. The van der Waals surface area contributed by atoms with Gasteiger partial charge in [-0.15, -0.1) is 0 Å². The van der Waals surface area contributed by atoms with E-state index < -0.39 is 32.6 Å². The molecule has 0 saturated heterocycles. The topological polar surface area (TPSA) is 61.8 Å². The first-order valence-electron chi connectivity index (χ1n) is 6.15. The molecule has 0 fully saturated rings. The molecule has 114 valence electrons. The van der Waals surface area contributed by atoms with Crippen molar-refractivity contribution in [2.45, 2.75) is 13.8 Å². The van der Waals surface area contributed by atoms with Gasteiger partial charge in [0.05, 0.1) is 0 Å². The zero-order chi connectivity index (χ0) is 15.7. The molecule has 0 atom stereocenters. The summed E-state index contributed by atoms with van der Waals surface area (Å²) in [4.78, 5) is 23.2. The summed E-state index contributed by atoms with van der Waals surface area (Å²) in [5, 5.41) is 0. The van der Waals surface area contributed by atoms with Crippen LogP contribution in [-0.4, -0.2) is 19.0 Å². The predicted molar refractivity (Wildman–Crippen MR) is 87.5 cm³/mol. The summed E-state index contributed by atoms with van der Waals surface area (Å²) >= 11 is -2.86. The molecule has 0 aromatic heterocycles. The van der Waals surface area contributed by atoms with Crippen molar-refractivity contribution in [2.24, 2.45) is 0 Å². The van der Waals surface area contributed by atoms with Crippen LogP contribution in [-0.2, 0) is 15.7 Å². The Morgan fingerprint density at radius 2 is 1.43 bits per heavy atom. The van der Waals surface area contributed by atoms with Crippen LogP contribution in [0.5, 0.6) is 5.75 Å². The minimum absolute atomic E-state index is 0.521. The maximum absolute atomic E-state index is 11.6. The molecule has 0 heterocycles. The van der Waals surface area contributed by atoms with Crippen LogP contribution in [0.15, 0.2) is 48.6 Å². The summed E-state index contributed by atoms with van der Waals surface area (Å²) < 4.78 is 16.3. The molecule has 0 bridgehead atoms. The Balaban J connectivity index is 2.93. The van der Waals surface area contributed by atoms with E-state index in [1.807, 2.05) is 0 Å². The monoisotopic (exact) mass is 404 g/mol. The normalized spacial score (nSPS) is 11.5. The van der Waals surface area contributed by atoms with E-state index in [0.29, 0.717) is 9.32 Å². The molecule has 0 aliphatic rings. The summed E-state index contributed by atoms with van der Waals surface area (Å²) in [6.45, 7) is 3.41. The number of carbonyl (C=O) groups excluding carboxylic acids is 2. The van der Waals surface area contributed by atoms with Gasteiger partial charge in [-0.3, -0.25) is 0 Å². The molecule has 5 nitrogen and oxygen atoms in total. The summed E-state index contributed by atoms with van der Waals surface area (Å²) in [6, 6.07) is 6.92. The zero-order valence-electron chi connectivity index (χ0n) is 12.0. The molecule has 0 saturated carbocycles. The van der Waals surface area contributed by atoms with Crippen LogP contribution in [0.25, 0.3) is 0 Å². The van der Waals surface area contributed by atoms with Gasteiger partial charge in [-0.1, -0.05) is 0 Å². The average molecular weight is 404 g/mol. The molecule has 21 heavy (non-hydrogen) atoms. The second-order valence-electron chi connectivity index (χ2n) is 3.67. The van der Waals surface area contributed by atoms with Crippen molar-refractivity contribution in [1.82, 2.24) is 0 Å². The predicted octanol–water partition coefficient (Wildman–Crippen LogP) is 3.44. The first-order valence-corrected chi connectivity index (χ1v) is 8.99. The molecule has 0 aliphatic carbocycles. The number of methoxy groups -OCH3 is 1. The summed E-state index contributed by atoms with van der Waals surface area (Å²) in [5.41, 5.74) is 0. The Hall–Kier alpha value is -1.83. The van der Waals surface area contributed by atoms with Crippen LogP contribution in [0, 0.1) is 3.57 Å². The molecule has 1 aromatic rings. The van der Waals surface area contributed by atoms with Gasteiger partial charge in [-0.2, -0.15) is 0 Å². The van der Waals surface area contributed by atoms with Gasteiger partial charge in [-0.05, 0) is 0 Å². The third-order valence-electron chi connectivity index (χ3n) is 2.13. The van der Waals surface area contributed by atoms with E-state index in [9.17, 15) is 9.59 Å². The fourth-order valence-corrected chi connectivity index (χ4v) is 3.87. The molecule has 0 unspecified atom stereocenters. The van der Waals surface area contributed by atoms with Gasteiger partial charge in [0.15, 0.2) is 0 Å². The van der Waals surface area contributed by atoms with Crippen molar-refractivity contribution in [3.05, 3.63) is 52.1 Å². The van der Waals surface area contributed by atoms with Crippen molar-refractivity contribution in [3.8, 4) is 5.75 Å². The fraction of sp³-hybridized carbons (Fsp3) is 0.200. The van der Waals surface area contributed by atoms with E-state index in [2.05, 4.69) is 0 Å². The number of allylic oxidation sites excluding steroid dienone is 2. The first kappa shape index (κ1) is 17.2. The number of benzene rings is 1. The van der Waals surface area contributed by atoms with Gasteiger partial charge in [0.2, 0.25) is 0 Å². The average Bonchev–Trinajstić information content (AvgIpc) is 2.47. The van der Waals surface area contributed by atoms with Crippen molar-refractivity contribution < 1.29 is 20.5 Å². The van der Waals surface area contributed by atoms with Crippen LogP contribution in [0.4, 0.5) is 0 Å². The first-order chi connectivity index (χ1) is 10.1. The standard InChI is InChI=1S/C15H17IO5/c1-4-6-14(17)20-16(21-15(18)7-5-2)12-8-10-13(19-3)11-9-12/h4-11H,1-3H3/b6-4-,7-5-. The number of carbonyl (C=O) groups is 2. The van der Waals surface area contributed by atoms with E-state index >= 15 is 0 Å². The SMILES string of the molecule is C/C=C\C(=O)OI(OC(=O)/C=C\C)c1ccc(OC)cc1. The van der Waals surface area contributed by atoms with E-state index in [1.165, 1.54) is 12.2 Å². The summed E-state index contributed by atoms with van der Waals surface area (Å²) in [6.07, 6.45) is 5.71. The molecule has 0 radical (unpaired) electrons. The number of hydrogen-bond acceptors (Lipinski definition) is 5. The Morgan fingerprint density at radius 3 is 1.81 bits per heavy atom. The Labute approximate surface area is 132 Å². The van der Waals surface area contributed by atoms with Crippen molar-refractivity contribution in [1.29, 1.82) is 0 Å². The second-order valence-corrected chi connectivity index (χ2v) is 7.03. The molecular formula is C15H17IO5. The number of halogens is 1. The molecule has 0 aliphatic heterocycles. The third-order valence-corrected chi connectivity index (χ3v) is 5.53. The van der Waals surface area contributed by atoms with Gasteiger partial charge in [-0.25, -0.2) is 0 Å². The van der Waals surface area contributed by atoms with Gasteiger partial charge in [0.1, 0.15) is 0 Å². The van der Waals surface area contributed by atoms with Gasteiger partial charge >= 0.3 is 132 Å². The summed E-state index contributed by atoms with van der Waals surface area (Å²) in [7, 11) is 1.56. The van der Waals surface area contributed by atoms with Crippen molar-refractivity contribution >= 4 is 32.6 Å². The molecule has 0 amide bonds. The molecule has 6 heteroatoms. The fourth-order valence-electron chi connectivity index (χ4n) is 1.24. The van der Waals surface area contributed by atoms with E-state index in [4.69, 9.17) is 10.9 Å². The van der Waals surface area contributed by atoms with Crippen molar-refractivity contribution in [3.63, 3.8) is 0 Å². The quantitative estimate of drug-likeness (QED) is 0.537. The van der Waals surface area contributed by atoms with Crippen molar-refractivity contribution in [2.75, 3.05) is 7.11 Å². The van der Waals surface area contributed by atoms with Crippen LogP contribution >= 0.6 is 20.6 Å². The molecular weight excluding hydrogens is 387 g/mol. The minimum atomic E-state index is -2.86. The van der Waals surface area contributed by atoms with E-state index in [-0.39, 0.29) is 0 Å². The van der Waals surface area contributed by atoms with Gasteiger partial charge in [0, 0.05) is 0 Å². The van der Waals surface area contributed by atoms with Gasteiger partial charge in [0.25, 0.3) is 0 Å².